The molecule has 0 aromatic heterocycles. The first-order chi connectivity index (χ1) is 9.23. The Morgan fingerprint density at radius 2 is 1.75 bits per heavy atom. The van der Waals surface area contributed by atoms with E-state index in [0.29, 0.717) is 13.2 Å². The van der Waals surface area contributed by atoms with Gasteiger partial charge in [0.25, 0.3) is 0 Å². The number of carbonyl (C=O) groups is 2. The van der Waals surface area contributed by atoms with Crippen LogP contribution in [0.1, 0.15) is 27.7 Å². The quantitative estimate of drug-likeness (QED) is 0.726. The van der Waals surface area contributed by atoms with Crippen molar-refractivity contribution in [3.63, 3.8) is 0 Å². The number of esters is 1. The average Bonchev–Trinajstić information content (AvgIpc) is 2.16. The van der Waals surface area contributed by atoms with Crippen molar-refractivity contribution >= 4 is 12.1 Å². The topological polar surface area (TPSA) is 59.1 Å². The molecule has 0 bridgehead atoms. The molecule has 2 fully saturated rings. The van der Waals surface area contributed by atoms with Crippen molar-refractivity contribution in [2.45, 2.75) is 33.3 Å². The Morgan fingerprint density at radius 1 is 1.15 bits per heavy atom. The molecule has 2 aliphatic heterocycles. The number of hydrogen-bond donors (Lipinski definition) is 0. The number of ether oxygens (including phenoxy) is 2. The summed E-state index contributed by atoms with van der Waals surface area (Å²) in [5, 5.41) is 0. The van der Waals surface area contributed by atoms with E-state index in [9.17, 15) is 9.59 Å². The molecule has 2 saturated heterocycles. The van der Waals surface area contributed by atoms with Crippen LogP contribution in [-0.4, -0.2) is 66.8 Å². The molecule has 0 aromatic carbocycles. The smallest absolute Gasteiger partial charge is 0.410 e. The van der Waals surface area contributed by atoms with Crippen molar-refractivity contribution in [1.29, 1.82) is 0 Å². The highest BCUT2D eigenvalue weighted by Gasteiger charge is 2.54. The van der Waals surface area contributed by atoms with Gasteiger partial charge < -0.3 is 14.4 Å². The minimum atomic E-state index is -0.449. The monoisotopic (exact) mass is 284 g/mol. The fraction of sp³-hybridized carbons (Fsp3) is 0.857. The summed E-state index contributed by atoms with van der Waals surface area (Å²) in [6.07, 6.45) is -0.244. The highest BCUT2D eigenvalue weighted by atomic mass is 16.6. The fourth-order valence-electron chi connectivity index (χ4n) is 2.82. The molecule has 0 aromatic rings. The number of hydrogen-bond acceptors (Lipinski definition) is 5. The van der Waals surface area contributed by atoms with Gasteiger partial charge in [-0.1, -0.05) is 0 Å². The Bertz CT molecular complexity index is 388. The fourth-order valence-corrected chi connectivity index (χ4v) is 2.82. The Kier molecular flexibility index (Phi) is 3.95. The van der Waals surface area contributed by atoms with E-state index >= 15 is 0 Å². The van der Waals surface area contributed by atoms with Crippen molar-refractivity contribution in [2.75, 3.05) is 39.3 Å². The first-order valence-corrected chi connectivity index (χ1v) is 7.09. The predicted octanol–water partition coefficient (Wildman–Crippen LogP) is 1.10. The average molecular weight is 284 g/mol. The van der Waals surface area contributed by atoms with Gasteiger partial charge in [0.1, 0.15) is 5.60 Å². The van der Waals surface area contributed by atoms with Gasteiger partial charge in [0.05, 0.1) is 13.2 Å². The van der Waals surface area contributed by atoms with Gasteiger partial charge in [-0.2, -0.15) is 0 Å². The number of rotatable bonds is 3. The molecule has 6 nitrogen and oxygen atoms in total. The SMILES string of the molecule is CCOC(=O)CN1CC2(C1)CN(C(=O)OC(C)(C)C)C2. The van der Waals surface area contributed by atoms with E-state index in [-0.39, 0.29) is 17.5 Å². The van der Waals surface area contributed by atoms with Crippen LogP contribution in [0.4, 0.5) is 4.79 Å². The van der Waals surface area contributed by atoms with Gasteiger partial charge in [-0.15, -0.1) is 0 Å². The molecule has 1 amide bonds. The number of carbonyl (C=O) groups excluding carboxylic acids is 2. The number of amides is 1. The molecule has 114 valence electrons. The van der Waals surface area contributed by atoms with E-state index in [2.05, 4.69) is 4.90 Å². The normalized spacial score (nSPS) is 21.1. The lowest BCUT2D eigenvalue weighted by molar-refractivity contribution is -0.154. The second-order valence-corrected chi connectivity index (χ2v) is 6.79. The van der Waals surface area contributed by atoms with Crippen molar-refractivity contribution in [3.05, 3.63) is 0 Å². The van der Waals surface area contributed by atoms with Crippen LogP contribution in [0.3, 0.4) is 0 Å². The van der Waals surface area contributed by atoms with Gasteiger partial charge in [-0.3, -0.25) is 9.69 Å². The van der Waals surface area contributed by atoms with E-state index in [0.717, 1.165) is 26.2 Å². The summed E-state index contributed by atoms with van der Waals surface area (Å²) in [6.45, 7) is 11.3. The third-order valence-electron chi connectivity index (χ3n) is 3.48. The van der Waals surface area contributed by atoms with Crippen molar-refractivity contribution in [2.24, 2.45) is 5.41 Å². The van der Waals surface area contributed by atoms with Crippen LogP contribution < -0.4 is 0 Å². The lowest BCUT2D eigenvalue weighted by atomic mass is 9.73. The molecular formula is C14H24N2O4. The molecule has 2 rings (SSSR count). The van der Waals surface area contributed by atoms with Crippen LogP contribution in [-0.2, 0) is 14.3 Å². The molecular weight excluding hydrogens is 260 g/mol. The highest BCUT2D eigenvalue weighted by molar-refractivity contribution is 5.72. The summed E-state index contributed by atoms with van der Waals surface area (Å²) in [4.78, 5) is 27.0. The first kappa shape index (κ1) is 15.1. The van der Waals surface area contributed by atoms with Crippen LogP contribution in [0.2, 0.25) is 0 Å². The Labute approximate surface area is 120 Å². The standard InChI is InChI=1S/C14H24N2O4/c1-5-19-11(17)6-15-7-14(8-15)9-16(10-14)12(18)20-13(2,3)4/h5-10H2,1-4H3. The van der Waals surface area contributed by atoms with Gasteiger partial charge in [0.15, 0.2) is 0 Å². The van der Waals surface area contributed by atoms with Gasteiger partial charge >= 0.3 is 12.1 Å². The maximum absolute atomic E-state index is 11.8. The summed E-state index contributed by atoms with van der Waals surface area (Å²) in [6, 6.07) is 0. The van der Waals surface area contributed by atoms with Crippen LogP contribution in [0.15, 0.2) is 0 Å². The van der Waals surface area contributed by atoms with E-state index < -0.39 is 5.60 Å². The van der Waals surface area contributed by atoms with Crippen molar-refractivity contribution in [1.82, 2.24) is 9.80 Å². The van der Waals surface area contributed by atoms with E-state index in [1.165, 1.54) is 0 Å². The van der Waals surface area contributed by atoms with Crippen LogP contribution in [0.25, 0.3) is 0 Å². The number of likely N-dealkylation sites (tertiary alicyclic amines) is 2. The minimum absolute atomic E-state index is 0.170. The Morgan fingerprint density at radius 3 is 2.25 bits per heavy atom. The lowest BCUT2D eigenvalue weighted by Crippen LogP contribution is -2.73. The Hall–Kier alpha value is -1.30. The zero-order chi connectivity index (χ0) is 15.0. The summed E-state index contributed by atoms with van der Waals surface area (Å²) in [7, 11) is 0. The number of nitrogens with zero attached hydrogens (tertiary/aromatic N) is 2. The summed E-state index contributed by atoms with van der Waals surface area (Å²) in [5.74, 6) is -0.175. The van der Waals surface area contributed by atoms with Gasteiger partial charge in [-0.25, -0.2) is 4.79 Å². The third kappa shape index (κ3) is 3.42. The van der Waals surface area contributed by atoms with E-state index in [4.69, 9.17) is 9.47 Å². The maximum atomic E-state index is 11.8. The Balaban J connectivity index is 1.68. The van der Waals surface area contributed by atoms with Crippen molar-refractivity contribution < 1.29 is 19.1 Å². The predicted molar refractivity (Wildman–Crippen MR) is 73.3 cm³/mol. The molecule has 0 aliphatic carbocycles. The molecule has 6 heteroatoms. The molecule has 0 unspecified atom stereocenters. The summed E-state index contributed by atoms with van der Waals surface area (Å²) < 4.78 is 10.2. The zero-order valence-electron chi connectivity index (χ0n) is 12.8. The zero-order valence-corrected chi connectivity index (χ0v) is 12.8. The summed E-state index contributed by atoms with van der Waals surface area (Å²) in [5.41, 5.74) is -0.279. The van der Waals surface area contributed by atoms with Crippen LogP contribution in [0, 0.1) is 5.41 Å². The van der Waals surface area contributed by atoms with E-state index in [1.807, 2.05) is 20.8 Å². The van der Waals surface area contributed by atoms with Crippen LogP contribution in [0.5, 0.6) is 0 Å². The second kappa shape index (κ2) is 5.24. The molecule has 2 aliphatic rings. The largest absolute Gasteiger partial charge is 0.465 e. The molecule has 0 radical (unpaired) electrons. The second-order valence-electron chi connectivity index (χ2n) is 6.79. The van der Waals surface area contributed by atoms with Gasteiger partial charge in [0, 0.05) is 31.6 Å². The highest BCUT2D eigenvalue weighted by Crippen LogP contribution is 2.39. The molecule has 0 saturated carbocycles. The first-order valence-electron chi connectivity index (χ1n) is 7.09. The van der Waals surface area contributed by atoms with Crippen molar-refractivity contribution in [3.8, 4) is 0 Å². The molecule has 0 N–H and O–H groups in total. The molecule has 2 heterocycles. The molecule has 20 heavy (non-hydrogen) atoms. The van der Waals surface area contributed by atoms with Gasteiger partial charge in [0.2, 0.25) is 0 Å². The molecule has 0 atom stereocenters. The third-order valence-corrected chi connectivity index (χ3v) is 3.48. The summed E-state index contributed by atoms with van der Waals surface area (Å²) >= 11 is 0. The van der Waals surface area contributed by atoms with Gasteiger partial charge in [-0.05, 0) is 27.7 Å². The van der Waals surface area contributed by atoms with E-state index in [1.54, 1.807) is 11.8 Å². The molecule has 1 spiro atoms. The lowest BCUT2D eigenvalue weighted by Gasteiger charge is -2.59. The maximum Gasteiger partial charge on any atom is 0.410 e. The van der Waals surface area contributed by atoms with Crippen LogP contribution >= 0.6 is 0 Å². The minimum Gasteiger partial charge on any atom is -0.465 e.